The summed E-state index contributed by atoms with van der Waals surface area (Å²) in [7, 11) is -2.46. The topological polar surface area (TPSA) is 70.4 Å². The summed E-state index contributed by atoms with van der Waals surface area (Å²) in [6.07, 6.45) is 0. The van der Waals surface area contributed by atoms with Gasteiger partial charge < -0.3 is 8.92 Å². The molecule has 124 valence electrons. The van der Waals surface area contributed by atoms with Gasteiger partial charge in [0.15, 0.2) is 0 Å². The summed E-state index contributed by atoms with van der Waals surface area (Å²) in [5, 5.41) is 4.29. The lowest BCUT2D eigenvalue weighted by Crippen LogP contribution is -2.12. The first-order chi connectivity index (χ1) is 11.5. The molecule has 0 radical (unpaired) electrons. The van der Waals surface area contributed by atoms with Crippen molar-refractivity contribution in [3.8, 4) is 17.3 Å². The first kappa shape index (κ1) is 16.1. The van der Waals surface area contributed by atoms with Crippen LogP contribution in [0, 0.1) is 6.92 Å². The predicted molar refractivity (Wildman–Crippen MR) is 89.1 cm³/mol. The molecule has 0 fully saturated rings. The SMILES string of the molecule is COc1ccc(S(=O)(=O)Oc2cc(C)nn2-c2ccccc2)cc1. The van der Waals surface area contributed by atoms with Crippen LogP contribution in [0.4, 0.5) is 0 Å². The molecule has 0 unspecified atom stereocenters. The van der Waals surface area contributed by atoms with Crippen LogP contribution >= 0.6 is 0 Å². The second-order valence-corrected chi connectivity index (χ2v) is 6.63. The highest BCUT2D eigenvalue weighted by Crippen LogP contribution is 2.24. The van der Waals surface area contributed by atoms with Crippen LogP contribution in [0.25, 0.3) is 5.69 Å². The van der Waals surface area contributed by atoms with Crippen LogP contribution < -0.4 is 8.92 Å². The highest BCUT2D eigenvalue weighted by molar-refractivity contribution is 7.87. The van der Waals surface area contributed by atoms with Gasteiger partial charge >= 0.3 is 10.1 Å². The fraction of sp³-hybridized carbons (Fsp3) is 0.118. The van der Waals surface area contributed by atoms with Gasteiger partial charge in [0.05, 0.1) is 18.5 Å². The number of benzene rings is 2. The van der Waals surface area contributed by atoms with Crippen LogP contribution in [0.1, 0.15) is 5.69 Å². The number of rotatable bonds is 5. The van der Waals surface area contributed by atoms with Gasteiger partial charge in [-0.3, -0.25) is 0 Å². The molecule has 0 amide bonds. The van der Waals surface area contributed by atoms with Crippen molar-refractivity contribution < 1.29 is 17.3 Å². The van der Waals surface area contributed by atoms with Gasteiger partial charge in [-0.15, -0.1) is 0 Å². The lowest BCUT2D eigenvalue weighted by Gasteiger charge is -2.09. The van der Waals surface area contributed by atoms with E-state index in [1.54, 1.807) is 25.1 Å². The van der Waals surface area contributed by atoms with E-state index in [-0.39, 0.29) is 10.8 Å². The summed E-state index contributed by atoms with van der Waals surface area (Å²) in [4.78, 5) is 0.0433. The normalized spacial score (nSPS) is 11.2. The molecule has 0 saturated carbocycles. The quantitative estimate of drug-likeness (QED) is 0.666. The summed E-state index contributed by atoms with van der Waals surface area (Å²) in [5.74, 6) is 0.702. The Hall–Kier alpha value is -2.80. The molecule has 3 aromatic rings. The van der Waals surface area contributed by atoms with Gasteiger partial charge in [0.2, 0.25) is 5.88 Å². The molecule has 0 bridgehead atoms. The summed E-state index contributed by atoms with van der Waals surface area (Å²) in [6.45, 7) is 1.77. The van der Waals surface area contributed by atoms with Crippen molar-refractivity contribution in [3.63, 3.8) is 0 Å². The van der Waals surface area contributed by atoms with Crippen molar-refractivity contribution in [1.29, 1.82) is 0 Å². The minimum absolute atomic E-state index is 0.0433. The standard InChI is InChI=1S/C17H16N2O4S/c1-13-12-17(19(18-13)14-6-4-3-5-7-14)23-24(20,21)16-10-8-15(22-2)9-11-16/h3-12H,1-2H3. The fourth-order valence-corrected chi connectivity index (χ4v) is 3.10. The van der Waals surface area contributed by atoms with Crippen molar-refractivity contribution in [3.05, 3.63) is 66.4 Å². The van der Waals surface area contributed by atoms with Crippen LogP contribution in [0.5, 0.6) is 11.6 Å². The van der Waals surface area contributed by atoms with Gasteiger partial charge in [-0.25, -0.2) is 0 Å². The maximum atomic E-state index is 12.5. The van der Waals surface area contributed by atoms with Crippen LogP contribution in [0.15, 0.2) is 65.6 Å². The molecule has 1 heterocycles. The Morgan fingerprint density at radius 3 is 2.29 bits per heavy atom. The number of methoxy groups -OCH3 is 1. The van der Waals surface area contributed by atoms with E-state index >= 15 is 0 Å². The van der Waals surface area contributed by atoms with E-state index in [1.165, 1.54) is 23.9 Å². The van der Waals surface area contributed by atoms with E-state index < -0.39 is 10.1 Å². The summed E-state index contributed by atoms with van der Waals surface area (Å²) in [6, 6.07) is 16.8. The molecule has 3 rings (SSSR count). The Kier molecular flexibility index (Phi) is 4.26. The highest BCUT2D eigenvalue weighted by atomic mass is 32.2. The Balaban J connectivity index is 1.95. The number of hydrogen-bond acceptors (Lipinski definition) is 5. The second-order valence-electron chi connectivity index (χ2n) is 5.08. The van der Waals surface area contributed by atoms with Crippen molar-refractivity contribution in [2.75, 3.05) is 7.11 Å². The smallest absolute Gasteiger partial charge is 0.340 e. The summed E-state index contributed by atoms with van der Waals surface area (Å²) >= 11 is 0. The molecule has 0 N–H and O–H groups in total. The molecule has 1 aromatic heterocycles. The Morgan fingerprint density at radius 1 is 1.00 bits per heavy atom. The number of ether oxygens (including phenoxy) is 1. The zero-order valence-electron chi connectivity index (χ0n) is 13.2. The lowest BCUT2D eigenvalue weighted by atomic mass is 10.3. The molecule has 0 aliphatic carbocycles. The average Bonchev–Trinajstić information content (AvgIpc) is 2.95. The molecule has 2 aromatic carbocycles. The van der Waals surface area contributed by atoms with Crippen LogP contribution in [0.3, 0.4) is 0 Å². The van der Waals surface area contributed by atoms with Gasteiger partial charge in [0.25, 0.3) is 0 Å². The Bertz CT molecular complexity index is 932. The third-order valence-corrected chi connectivity index (χ3v) is 4.58. The molecule has 0 aliphatic heterocycles. The van der Waals surface area contributed by atoms with Crippen molar-refractivity contribution in [2.45, 2.75) is 11.8 Å². The molecular formula is C17H16N2O4S. The lowest BCUT2D eigenvalue weighted by molar-refractivity contribution is 0.414. The van der Waals surface area contributed by atoms with Crippen LogP contribution in [0.2, 0.25) is 0 Å². The molecule has 0 aliphatic rings. The largest absolute Gasteiger partial charge is 0.497 e. The monoisotopic (exact) mass is 344 g/mol. The molecular weight excluding hydrogens is 328 g/mol. The van der Waals surface area contributed by atoms with Gasteiger partial charge in [0, 0.05) is 6.07 Å². The number of hydrogen-bond donors (Lipinski definition) is 0. The second kappa shape index (κ2) is 6.37. The minimum atomic E-state index is -3.97. The average molecular weight is 344 g/mol. The van der Waals surface area contributed by atoms with Gasteiger partial charge in [-0.2, -0.15) is 18.2 Å². The predicted octanol–water partition coefficient (Wildman–Crippen LogP) is 2.96. The van der Waals surface area contributed by atoms with Gasteiger partial charge in [0.1, 0.15) is 10.6 Å². The molecule has 0 saturated heterocycles. The summed E-state index contributed by atoms with van der Waals surface area (Å²) < 4.78 is 36.8. The van der Waals surface area contributed by atoms with E-state index in [1.807, 2.05) is 30.3 Å². The van der Waals surface area contributed by atoms with Crippen LogP contribution in [-0.4, -0.2) is 25.3 Å². The van der Waals surface area contributed by atoms with Crippen LogP contribution in [-0.2, 0) is 10.1 Å². The van der Waals surface area contributed by atoms with E-state index in [2.05, 4.69) is 5.10 Å². The van der Waals surface area contributed by atoms with Gasteiger partial charge in [-0.1, -0.05) is 18.2 Å². The fourth-order valence-electron chi connectivity index (χ4n) is 2.19. The zero-order valence-corrected chi connectivity index (χ0v) is 14.0. The summed E-state index contributed by atoms with van der Waals surface area (Å²) in [5.41, 5.74) is 1.37. The maximum absolute atomic E-state index is 12.5. The first-order valence-corrected chi connectivity index (χ1v) is 8.61. The third kappa shape index (κ3) is 3.26. The molecule has 0 spiro atoms. The van der Waals surface area contributed by atoms with Gasteiger partial charge in [-0.05, 0) is 43.3 Å². The molecule has 24 heavy (non-hydrogen) atoms. The van der Waals surface area contributed by atoms with E-state index in [9.17, 15) is 8.42 Å². The number of aryl methyl sites for hydroxylation is 1. The molecule has 7 heteroatoms. The maximum Gasteiger partial charge on any atom is 0.340 e. The molecule has 0 atom stereocenters. The zero-order chi connectivity index (χ0) is 17.2. The number of nitrogens with zero attached hydrogens (tertiary/aromatic N) is 2. The molecule has 6 nitrogen and oxygen atoms in total. The van der Waals surface area contributed by atoms with E-state index in [0.717, 1.165) is 0 Å². The van der Waals surface area contributed by atoms with Crippen molar-refractivity contribution in [1.82, 2.24) is 9.78 Å². The third-order valence-electron chi connectivity index (χ3n) is 3.34. The van der Waals surface area contributed by atoms with E-state index in [4.69, 9.17) is 8.92 Å². The number of para-hydroxylation sites is 1. The van der Waals surface area contributed by atoms with Crippen molar-refractivity contribution >= 4 is 10.1 Å². The Morgan fingerprint density at radius 2 is 1.67 bits per heavy atom. The van der Waals surface area contributed by atoms with Crippen molar-refractivity contribution in [2.24, 2.45) is 0 Å². The Labute approximate surface area is 140 Å². The number of aromatic nitrogens is 2. The highest BCUT2D eigenvalue weighted by Gasteiger charge is 2.20. The first-order valence-electron chi connectivity index (χ1n) is 7.20. The van der Waals surface area contributed by atoms with E-state index in [0.29, 0.717) is 17.1 Å². The minimum Gasteiger partial charge on any atom is -0.497 e.